The number of carbonyl (C=O) groups is 2. The number of piperidine rings is 1. The zero-order chi connectivity index (χ0) is 15.2. The van der Waals surface area contributed by atoms with Gasteiger partial charge in [-0.25, -0.2) is 0 Å². The topological polar surface area (TPSA) is 61.4 Å². The van der Waals surface area contributed by atoms with Gasteiger partial charge in [-0.3, -0.25) is 9.59 Å². The predicted molar refractivity (Wildman–Crippen MR) is 82.4 cm³/mol. The Hall–Kier alpha value is -1.59. The van der Waals surface area contributed by atoms with Crippen molar-refractivity contribution in [2.75, 3.05) is 26.7 Å². The number of halogens is 1. The minimum absolute atomic E-state index is 0.0162. The van der Waals surface area contributed by atoms with E-state index in [9.17, 15) is 9.59 Å². The van der Waals surface area contributed by atoms with Crippen LogP contribution in [0.25, 0.3) is 0 Å². The lowest BCUT2D eigenvalue weighted by molar-refractivity contribution is -0.121. The number of hydrogen-bond donors (Lipinski definition) is 2. The number of nitrogens with zero attached hydrogens (tertiary/aromatic N) is 1. The highest BCUT2D eigenvalue weighted by Gasteiger charge is 2.18. The maximum Gasteiger partial charge on any atom is 0.251 e. The van der Waals surface area contributed by atoms with E-state index in [2.05, 4.69) is 22.6 Å². The SMILES string of the molecule is CN1CCC(NC(=O)CNC(=O)c2cccc(Cl)c2)CC1. The van der Waals surface area contributed by atoms with E-state index in [1.165, 1.54) is 0 Å². The van der Waals surface area contributed by atoms with Gasteiger partial charge < -0.3 is 15.5 Å². The lowest BCUT2D eigenvalue weighted by atomic mass is 10.1. The van der Waals surface area contributed by atoms with Gasteiger partial charge in [0.1, 0.15) is 0 Å². The third-order valence-electron chi connectivity index (χ3n) is 3.58. The second kappa shape index (κ2) is 7.43. The van der Waals surface area contributed by atoms with Gasteiger partial charge in [-0.05, 0) is 51.2 Å². The van der Waals surface area contributed by atoms with Gasteiger partial charge in [-0.1, -0.05) is 17.7 Å². The summed E-state index contributed by atoms with van der Waals surface area (Å²) < 4.78 is 0. The first kappa shape index (κ1) is 15.8. The van der Waals surface area contributed by atoms with Gasteiger partial charge in [0.2, 0.25) is 5.91 Å². The molecule has 0 spiro atoms. The molecule has 5 nitrogen and oxygen atoms in total. The zero-order valence-electron chi connectivity index (χ0n) is 12.1. The van der Waals surface area contributed by atoms with Crippen molar-refractivity contribution in [2.24, 2.45) is 0 Å². The highest BCUT2D eigenvalue weighted by molar-refractivity contribution is 6.30. The van der Waals surface area contributed by atoms with E-state index in [0.717, 1.165) is 25.9 Å². The van der Waals surface area contributed by atoms with E-state index < -0.39 is 0 Å². The molecule has 2 N–H and O–H groups in total. The average Bonchev–Trinajstić information content (AvgIpc) is 2.47. The molecule has 1 aromatic carbocycles. The van der Waals surface area contributed by atoms with Crippen molar-refractivity contribution >= 4 is 23.4 Å². The molecule has 1 heterocycles. The van der Waals surface area contributed by atoms with Crippen molar-refractivity contribution in [1.29, 1.82) is 0 Å². The molecule has 21 heavy (non-hydrogen) atoms. The fourth-order valence-electron chi connectivity index (χ4n) is 2.32. The Kier molecular flexibility index (Phi) is 5.59. The van der Waals surface area contributed by atoms with Gasteiger partial charge in [-0.15, -0.1) is 0 Å². The van der Waals surface area contributed by atoms with E-state index in [0.29, 0.717) is 10.6 Å². The van der Waals surface area contributed by atoms with Crippen LogP contribution in [0, 0.1) is 0 Å². The number of benzene rings is 1. The van der Waals surface area contributed by atoms with Crippen LogP contribution < -0.4 is 10.6 Å². The maximum absolute atomic E-state index is 11.9. The molecule has 1 aliphatic rings. The van der Waals surface area contributed by atoms with Crippen LogP contribution in [0.3, 0.4) is 0 Å². The normalized spacial score (nSPS) is 16.5. The van der Waals surface area contributed by atoms with E-state index in [1.54, 1.807) is 24.3 Å². The second-order valence-electron chi connectivity index (χ2n) is 5.34. The number of nitrogens with one attached hydrogen (secondary N) is 2. The van der Waals surface area contributed by atoms with Crippen molar-refractivity contribution in [3.8, 4) is 0 Å². The Balaban J connectivity index is 1.75. The summed E-state index contributed by atoms with van der Waals surface area (Å²) in [5.74, 6) is -0.448. The predicted octanol–water partition coefficient (Wildman–Crippen LogP) is 1.28. The molecule has 1 aliphatic heterocycles. The summed E-state index contributed by atoms with van der Waals surface area (Å²) in [6.07, 6.45) is 1.90. The molecule has 0 aliphatic carbocycles. The van der Waals surface area contributed by atoms with Crippen molar-refractivity contribution < 1.29 is 9.59 Å². The lowest BCUT2D eigenvalue weighted by Gasteiger charge is -2.29. The Morgan fingerprint density at radius 2 is 2.05 bits per heavy atom. The summed E-state index contributed by atoms with van der Waals surface area (Å²) in [5, 5.41) is 6.05. The van der Waals surface area contributed by atoms with Gasteiger partial charge in [0.15, 0.2) is 0 Å². The summed E-state index contributed by atoms with van der Waals surface area (Å²) in [7, 11) is 2.07. The Morgan fingerprint density at radius 1 is 1.33 bits per heavy atom. The number of carbonyl (C=O) groups excluding carboxylic acids is 2. The van der Waals surface area contributed by atoms with Crippen LogP contribution >= 0.6 is 11.6 Å². The molecule has 2 amide bonds. The minimum atomic E-state index is -0.295. The summed E-state index contributed by atoms with van der Waals surface area (Å²) in [5.41, 5.74) is 0.453. The Morgan fingerprint density at radius 3 is 2.71 bits per heavy atom. The molecule has 1 fully saturated rings. The number of likely N-dealkylation sites (tertiary alicyclic amines) is 1. The Labute approximate surface area is 129 Å². The molecule has 0 saturated carbocycles. The zero-order valence-corrected chi connectivity index (χ0v) is 12.8. The van der Waals surface area contributed by atoms with Crippen LogP contribution in [0.4, 0.5) is 0 Å². The van der Waals surface area contributed by atoms with E-state index in [4.69, 9.17) is 11.6 Å². The van der Waals surface area contributed by atoms with Crippen LogP contribution in [-0.4, -0.2) is 49.4 Å². The monoisotopic (exact) mass is 309 g/mol. The van der Waals surface area contributed by atoms with Crippen molar-refractivity contribution in [3.05, 3.63) is 34.9 Å². The lowest BCUT2D eigenvalue weighted by Crippen LogP contribution is -2.46. The molecule has 0 bridgehead atoms. The fraction of sp³-hybridized carbons (Fsp3) is 0.467. The molecule has 1 saturated heterocycles. The van der Waals surface area contributed by atoms with E-state index in [1.807, 2.05) is 0 Å². The van der Waals surface area contributed by atoms with Gasteiger partial charge in [0.25, 0.3) is 5.91 Å². The number of rotatable bonds is 4. The summed E-state index contributed by atoms with van der Waals surface area (Å²) in [6.45, 7) is 1.96. The highest BCUT2D eigenvalue weighted by atomic mass is 35.5. The van der Waals surface area contributed by atoms with Crippen LogP contribution in [0.5, 0.6) is 0 Å². The molecule has 6 heteroatoms. The van der Waals surface area contributed by atoms with Crippen LogP contribution in [0.2, 0.25) is 5.02 Å². The van der Waals surface area contributed by atoms with Gasteiger partial charge in [0.05, 0.1) is 6.54 Å². The van der Waals surface area contributed by atoms with Crippen molar-refractivity contribution in [3.63, 3.8) is 0 Å². The molecule has 0 aromatic heterocycles. The Bertz CT molecular complexity index is 513. The summed E-state index contributed by atoms with van der Waals surface area (Å²) in [4.78, 5) is 25.9. The maximum atomic E-state index is 11.9. The smallest absolute Gasteiger partial charge is 0.251 e. The molecule has 2 rings (SSSR count). The standard InChI is InChI=1S/C15H20ClN3O2/c1-19-7-5-13(6-8-19)18-14(20)10-17-15(21)11-3-2-4-12(16)9-11/h2-4,9,13H,5-8,10H2,1H3,(H,17,21)(H,18,20). The average molecular weight is 310 g/mol. The first-order valence-electron chi connectivity index (χ1n) is 7.06. The van der Waals surface area contributed by atoms with E-state index in [-0.39, 0.29) is 24.4 Å². The molecule has 0 radical (unpaired) electrons. The molecule has 1 aromatic rings. The van der Waals surface area contributed by atoms with Gasteiger partial charge >= 0.3 is 0 Å². The minimum Gasteiger partial charge on any atom is -0.352 e. The quantitative estimate of drug-likeness (QED) is 0.881. The molecular formula is C15H20ClN3O2. The van der Waals surface area contributed by atoms with Gasteiger partial charge in [0, 0.05) is 16.6 Å². The third kappa shape index (κ3) is 5.02. The summed E-state index contributed by atoms with van der Waals surface area (Å²) >= 11 is 5.83. The molecule has 114 valence electrons. The van der Waals surface area contributed by atoms with Crippen molar-refractivity contribution in [2.45, 2.75) is 18.9 Å². The van der Waals surface area contributed by atoms with Gasteiger partial charge in [-0.2, -0.15) is 0 Å². The third-order valence-corrected chi connectivity index (χ3v) is 3.82. The van der Waals surface area contributed by atoms with Crippen LogP contribution in [0.1, 0.15) is 23.2 Å². The number of amides is 2. The van der Waals surface area contributed by atoms with E-state index >= 15 is 0 Å². The molecule has 0 unspecified atom stereocenters. The first-order valence-corrected chi connectivity index (χ1v) is 7.44. The second-order valence-corrected chi connectivity index (χ2v) is 5.77. The molecule has 0 atom stereocenters. The van der Waals surface area contributed by atoms with Crippen LogP contribution in [-0.2, 0) is 4.79 Å². The number of hydrogen-bond acceptors (Lipinski definition) is 3. The first-order chi connectivity index (χ1) is 10.0. The van der Waals surface area contributed by atoms with Crippen LogP contribution in [0.15, 0.2) is 24.3 Å². The van der Waals surface area contributed by atoms with Crippen molar-refractivity contribution in [1.82, 2.24) is 15.5 Å². The largest absolute Gasteiger partial charge is 0.352 e. The highest BCUT2D eigenvalue weighted by Crippen LogP contribution is 2.10. The molecular weight excluding hydrogens is 290 g/mol. The fourth-order valence-corrected chi connectivity index (χ4v) is 2.51. The summed E-state index contributed by atoms with van der Waals surface area (Å²) in [6, 6.07) is 6.85.